The molecule has 1 aromatic rings. The van der Waals surface area contributed by atoms with Gasteiger partial charge in [0.2, 0.25) is 0 Å². The van der Waals surface area contributed by atoms with E-state index in [2.05, 4.69) is 15.9 Å². The van der Waals surface area contributed by atoms with Crippen LogP contribution >= 0.6 is 15.9 Å². The maximum atomic E-state index is 12.6. The minimum Gasteiger partial charge on any atom is -0.398 e. The third-order valence-electron chi connectivity index (χ3n) is 1.31. The zero-order valence-corrected chi connectivity index (χ0v) is 7.07. The van der Waals surface area contributed by atoms with Gasteiger partial charge < -0.3 is 5.73 Å². The fourth-order valence-electron chi connectivity index (χ4n) is 0.662. The van der Waals surface area contributed by atoms with Crippen molar-refractivity contribution in [3.63, 3.8) is 0 Å². The largest absolute Gasteiger partial charge is 0.398 e. The molecule has 0 amide bonds. The number of aryl methyl sites for hydroxylation is 1. The highest BCUT2D eigenvalue weighted by molar-refractivity contribution is 9.10. The van der Waals surface area contributed by atoms with Crippen LogP contribution in [0.1, 0.15) is 5.56 Å². The lowest BCUT2D eigenvalue weighted by atomic mass is 10.2. The summed E-state index contributed by atoms with van der Waals surface area (Å²) in [6.45, 7) is 1.83. The molecule has 0 aliphatic heterocycles. The number of halogens is 2. The Hall–Kier alpha value is -0.570. The zero-order chi connectivity index (χ0) is 7.72. The third-order valence-corrected chi connectivity index (χ3v) is 1.92. The van der Waals surface area contributed by atoms with Crippen LogP contribution in [-0.2, 0) is 0 Å². The Morgan fingerprint density at radius 3 is 2.60 bits per heavy atom. The maximum Gasteiger partial charge on any atom is 0.139 e. The molecular formula is C7H7BrFN. The average molecular weight is 204 g/mol. The molecule has 0 bridgehead atoms. The highest BCUT2D eigenvalue weighted by atomic mass is 79.9. The van der Waals surface area contributed by atoms with Crippen LogP contribution in [0.15, 0.2) is 16.6 Å². The molecule has 2 N–H and O–H groups in total. The van der Waals surface area contributed by atoms with Gasteiger partial charge in [0.05, 0.1) is 4.47 Å². The molecule has 0 aromatic heterocycles. The fraction of sp³-hybridized carbons (Fsp3) is 0.143. The first kappa shape index (κ1) is 7.54. The normalized spacial score (nSPS) is 9.90. The molecule has 1 nitrogen and oxygen atoms in total. The molecule has 0 heterocycles. The monoisotopic (exact) mass is 203 g/mol. The Balaban J connectivity index is 3.28. The molecule has 3 heteroatoms. The van der Waals surface area contributed by atoms with Gasteiger partial charge in [-0.3, -0.25) is 0 Å². The number of hydrogen-bond acceptors (Lipinski definition) is 1. The summed E-state index contributed by atoms with van der Waals surface area (Å²) in [5, 5.41) is 0. The summed E-state index contributed by atoms with van der Waals surface area (Å²) in [4.78, 5) is 0. The Morgan fingerprint density at radius 2 is 2.10 bits per heavy atom. The third kappa shape index (κ3) is 1.29. The van der Waals surface area contributed by atoms with Gasteiger partial charge in [0.15, 0.2) is 0 Å². The Morgan fingerprint density at radius 1 is 1.50 bits per heavy atom. The number of benzene rings is 1. The molecule has 1 aromatic carbocycles. The molecule has 10 heavy (non-hydrogen) atoms. The molecule has 54 valence electrons. The number of hydrogen-bond donors (Lipinski definition) is 1. The fourth-order valence-corrected chi connectivity index (χ4v) is 1.12. The minimum absolute atomic E-state index is 0.317. The van der Waals surface area contributed by atoms with Gasteiger partial charge in [-0.2, -0.15) is 0 Å². The van der Waals surface area contributed by atoms with E-state index in [9.17, 15) is 4.39 Å². The topological polar surface area (TPSA) is 26.0 Å². The first-order valence-corrected chi connectivity index (χ1v) is 3.61. The predicted molar refractivity (Wildman–Crippen MR) is 43.2 cm³/mol. The van der Waals surface area contributed by atoms with Gasteiger partial charge in [0.25, 0.3) is 0 Å². The van der Waals surface area contributed by atoms with Crippen LogP contribution in [0.4, 0.5) is 10.1 Å². The van der Waals surface area contributed by atoms with Crippen molar-refractivity contribution in [3.8, 4) is 0 Å². The van der Waals surface area contributed by atoms with Crippen molar-refractivity contribution in [2.75, 3.05) is 5.73 Å². The SMILES string of the molecule is Cc1cc(Br)c(F)cc1N. The molecular weight excluding hydrogens is 197 g/mol. The summed E-state index contributed by atoms with van der Waals surface area (Å²) in [5.41, 5.74) is 6.80. The second-order valence-electron chi connectivity index (χ2n) is 2.12. The highest BCUT2D eigenvalue weighted by Crippen LogP contribution is 2.21. The summed E-state index contributed by atoms with van der Waals surface area (Å²) in [7, 11) is 0. The van der Waals surface area contributed by atoms with E-state index in [1.165, 1.54) is 6.07 Å². The van der Waals surface area contributed by atoms with Gasteiger partial charge in [-0.15, -0.1) is 0 Å². The van der Waals surface area contributed by atoms with Crippen molar-refractivity contribution >= 4 is 21.6 Å². The van der Waals surface area contributed by atoms with E-state index < -0.39 is 0 Å². The first-order chi connectivity index (χ1) is 4.61. The van der Waals surface area contributed by atoms with Gasteiger partial charge in [-0.1, -0.05) is 0 Å². The van der Waals surface area contributed by atoms with Gasteiger partial charge in [-0.05, 0) is 40.5 Å². The quantitative estimate of drug-likeness (QED) is 0.645. The van der Waals surface area contributed by atoms with Crippen LogP contribution in [0.25, 0.3) is 0 Å². The highest BCUT2D eigenvalue weighted by Gasteiger charge is 2.00. The van der Waals surface area contributed by atoms with E-state index in [4.69, 9.17) is 5.73 Å². The van der Waals surface area contributed by atoms with Crippen LogP contribution in [-0.4, -0.2) is 0 Å². The lowest BCUT2D eigenvalue weighted by molar-refractivity contribution is 0.621. The van der Waals surface area contributed by atoms with Crippen LogP contribution in [0.2, 0.25) is 0 Å². The molecule has 0 unspecified atom stereocenters. The summed E-state index contributed by atoms with van der Waals surface area (Å²) in [6, 6.07) is 2.96. The molecule has 0 aliphatic rings. The average Bonchev–Trinajstić information content (AvgIpc) is 1.84. The van der Waals surface area contributed by atoms with E-state index in [0.717, 1.165) is 5.56 Å². The van der Waals surface area contributed by atoms with Gasteiger partial charge in [0, 0.05) is 5.69 Å². The lowest BCUT2D eigenvalue weighted by Gasteiger charge is -2.00. The number of nitrogen functional groups attached to an aromatic ring is 1. The molecule has 0 saturated heterocycles. The molecule has 0 spiro atoms. The van der Waals surface area contributed by atoms with Crippen LogP contribution in [0.3, 0.4) is 0 Å². The molecule has 0 saturated carbocycles. The Kier molecular flexibility index (Phi) is 1.94. The second kappa shape index (κ2) is 2.58. The van der Waals surface area contributed by atoms with Gasteiger partial charge in [-0.25, -0.2) is 4.39 Å². The Labute approximate surface area is 67.2 Å². The van der Waals surface area contributed by atoms with Crippen LogP contribution < -0.4 is 5.73 Å². The van der Waals surface area contributed by atoms with Crippen molar-refractivity contribution in [2.24, 2.45) is 0 Å². The number of nitrogens with two attached hydrogens (primary N) is 1. The van der Waals surface area contributed by atoms with Crippen molar-refractivity contribution in [3.05, 3.63) is 28.0 Å². The van der Waals surface area contributed by atoms with E-state index in [-0.39, 0.29) is 5.82 Å². The van der Waals surface area contributed by atoms with E-state index in [0.29, 0.717) is 10.2 Å². The summed E-state index contributed by atoms with van der Waals surface area (Å²) >= 11 is 3.05. The molecule has 0 radical (unpaired) electrons. The van der Waals surface area contributed by atoms with Gasteiger partial charge in [0.1, 0.15) is 5.82 Å². The summed E-state index contributed by atoms with van der Waals surface area (Å²) in [5.74, 6) is -0.317. The van der Waals surface area contributed by atoms with Gasteiger partial charge >= 0.3 is 0 Å². The first-order valence-electron chi connectivity index (χ1n) is 2.82. The van der Waals surface area contributed by atoms with E-state index in [1.807, 2.05) is 6.92 Å². The van der Waals surface area contributed by atoms with Crippen LogP contribution in [0.5, 0.6) is 0 Å². The Bertz CT molecular complexity index is 210. The molecule has 0 fully saturated rings. The standard InChI is InChI=1S/C7H7BrFN/c1-4-2-5(8)6(9)3-7(4)10/h2-3H,10H2,1H3. The van der Waals surface area contributed by atoms with Crippen molar-refractivity contribution in [1.29, 1.82) is 0 Å². The van der Waals surface area contributed by atoms with Crippen molar-refractivity contribution in [2.45, 2.75) is 6.92 Å². The summed E-state index contributed by atoms with van der Waals surface area (Å²) < 4.78 is 13.1. The van der Waals surface area contributed by atoms with E-state index >= 15 is 0 Å². The smallest absolute Gasteiger partial charge is 0.139 e. The molecule has 0 atom stereocenters. The van der Waals surface area contributed by atoms with Crippen molar-refractivity contribution < 1.29 is 4.39 Å². The maximum absolute atomic E-state index is 12.6. The number of anilines is 1. The number of rotatable bonds is 0. The van der Waals surface area contributed by atoms with E-state index in [1.54, 1.807) is 6.07 Å². The van der Waals surface area contributed by atoms with Crippen molar-refractivity contribution in [1.82, 2.24) is 0 Å². The lowest BCUT2D eigenvalue weighted by Crippen LogP contribution is -1.90. The van der Waals surface area contributed by atoms with Crippen LogP contribution in [0, 0.1) is 12.7 Å². The zero-order valence-electron chi connectivity index (χ0n) is 5.49. The second-order valence-corrected chi connectivity index (χ2v) is 2.98. The molecule has 0 aliphatic carbocycles. The predicted octanol–water partition coefficient (Wildman–Crippen LogP) is 2.48. The minimum atomic E-state index is -0.317. The molecule has 1 rings (SSSR count). The summed E-state index contributed by atoms with van der Waals surface area (Å²) in [6.07, 6.45) is 0.